The summed E-state index contributed by atoms with van der Waals surface area (Å²) >= 11 is 1.15. The topological polar surface area (TPSA) is 136 Å². The maximum absolute atomic E-state index is 13.7. The molecule has 2 aromatic carbocycles. The largest absolute Gasteiger partial charge is 0.493 e. The van der Waals surface area contributed by atoms with Crippen molar-refractivity contribution in [3.05, 3.63) is 81.7 Å². The molecule has 0 unspecified atom stereocenters. The molecule has 5 rings (SSSR count). The fourth-order valence-corrected chi connectivity index (χ4v) is 5.25. The van der Waals surface area contributed by atoms with Crippen LogP contribution >= 0.6 is 11.3 Å². The van der Waals surface area contributed by atoms with Crippen LogP contribution in [-0.4, -0.2) is 51.7 Å². The zero-order valence-corrected chi connectivity index (χ0v) is 22.9. The second kappa shape index (κ2) is 11.9. The number of carbonyl (C=O) groups is 2. The number of ether oxygens (including phenoxy) is 2. The van der Waals surface area contributed by atoms with Crippen LogP contribution in [0.1, 0.15) is 47.8 Å². The standard InChI is InChI=1S/C29H30N4O6S/c1-17(18-6-4-3-5-7-18)24(26(35)32-28-30-22(16-40-28)25(34)20-8-9-20)33-27(36)23(31-29(33)37)19-10-12-21(13-11-19)39-15-14-38-2/h3-7,10-13,16-17,20,24,36H,8-9,14-15H2,1-2H3,(H,31,37)(H,30,32,35)/t17-,24-/m0/s1. The lowest BCUT2D eigenvalue weighted by Gasteiger charge is -2.24. The van der Waals surface area contributed by atoms with Crippen molar-refractivity contribution in [2.75, 3.05) is 25.6 Å². The summed E-state index contributed by atoms with van der Waals surface area (Å²) in [6.45, 7) is 2.65. The third kappa shape index (κ3) is 5.85. The van der Waals surface area contributed by atoms with Crippen molar-refractivity contribution in [2.45, 2.75) is 31.7 Å². The number of anilines is 1. The molecule has 2 aromatic heterocycles. The summed E-state index contributed by atoms with van der Waals surface area (Å²) in [6, 6.07) is 15.0. The first-order valence-corrected chi connectivity index (χ1v) is 13.9. The number of aromatic nitrogens is 3. The van der Waals surface area contributed by atoms with Crippen molar-refractivity contribution in [3.63, 3.8) is 0 Å². The van der Waals surface area contributed by atoms with Gasteiger partial charge in [0.15, 0.2) is 10.9 Å². The SMILES string of the molecule is COCCOc1ccc(-c2[nH]c(=O)n([C@H](C(=O)Nc3nc(C(=O)C4CC4)cs3)[C@@H](C)c3ccccc3)c2O)cc1. The van der Waals surface area contributed by atoms with Crippen LogP contribution < -0.4 is 15.7 Å². The Balaban J connectivity index is 1.46. The van der Waals surface area contributed by atoms with Gasteiger partial charge in [0.1, 0.15) is 29.8 Å². The van der Waals surface area contributed by atoms with Gasteiger partial charge in [0, 0.05) is 29.9 Å². The number of Topliss-reactive ketones (excluding diaryl/α,β-unsaturated/α-hetero) is 1. The van der Waals surface area contributed by atoms with Gasteiger partial charge in [-0.3, -0.25) is 9.59 Å². The van der Waals surface area contributed by atoms with E-state index < -0.39 is 23.6 Å². The van der Waals surface area contributed by atoms with E-state index in [4.69, 9.17) is 9.47 Å². The summed E-state index contributed by atoms with van der Waals surface area (Å²) < 4.78 is 11.6. The zero-order chi connectivity index (χ0) is 28.2. The Kier molecular flexibility index (Phi) is 8.13. The molecule has 10 nitrogen and oxygen atoms in total. The molecule has 11 heteroatoms. The highest BCUT2D eigenvalue weighted by molar-refractivity contribution is 7.14. The van der Waals surface area contributed by atoms with E-state index >= 15 is 0 Å². The van der Waals surface area contributed by atoms with Gasteiger partial charge in [0.05, 0.1) is 6.61 Å². The Morgan fingerprint density at radius 2 is 1.88 bits per heavy atom. The molecule has 0 radical (unpaired) electrons. The minimum atomic E-state index is -1.12. The Hall–Kier alpha value is -4.22. The molecule has 4 aromatic rings. The second-order valence-corrected chi connectivity index (χ2v) is 10.5. The number of methoxy groups -OCH3 is 1. The van der Waals surface area contributed by atoms with Gasteiger partial charge in [-0.05, 0) is 42.7 Å². The molecule has 3 N–H and O–H groups in total. The summed E-state index contributed by atoms with van der Waals surface area (Å²) in [7, 11) is 1.59. The number of amides is 1. The number of carbonyl (C=O) groups excluding carboxylic acids is 2. The van der Waals surface area contributed by atoms with Gasteiger partial charge in [-0.1, -0.05) is 37.3 Å². The van der Waals surface area contributed by atoms with E-state index in [1.165, 1.54) is 0 Å². The van der Waals surface area contributed by atoms with Gasteiger partial charge in [0.25, 0.3) is 0 Å². The fraction of sp³-hybridized carbons (Fsp3) is 0.310. The normalized spacial score (nSPS) is 14.4. The minimum Gasteiger partial charge on any atom is -0.493 e. The van der Waals surface area contributed by atoms with Gasteiger partial charge in [-0.15, -0.1) is 11.3 Å². The third-order valence-electron chi connectivity index (χ3n) is 6.88. The number of hydrogen-bond donors (Lipinski definition) is 3. The maximum Gasteiger partial charge on any atom is 0.329 e. The van der Waals surface area contributed by atoms with Crippen LogP contribution in [0.4, 0.5) is 5.13 Å². The first kappa shape index (κ1) is 27.4. The molecule has 0 bridgehead atoms. The molecule has 1 saturated carbocycles. The summed E-state index contributed by atoms with van der Waals surface area (Å²) in [5, 5.41) is 15.9. The number of hydrogen-bond acceptors (Lipinski definition) is 8. The van der Waals surface area contributed by atoms with Gasteiger partial charge < -0.3 is 24.9 Å². The van der Waals surface area contributed by atoms with E-state index in [0.29, 0.717) is 30.2 Å². The minimum absolute atomic E-state index is 0.0105. The number of H-pyrrole nitrogens is 1. The molecule has 208 valence electrons. The molecule has 1 aliphatic carbocycles. The van der Waals surface area contributed by atoms with Crippen LogP contribution in [0.3, 0.4) is 0 Å². The van der Waals surface area contributed by atoms with Gasteiger partial charge >= 0.3 is 5.69 Å². The first-order valence-electron chi connectivity index (χ1n) is 13.0. The van der Waals surface area contributed by atoms with Gasteiger partial charge in [-0.2, -0.15) is 0 Å². The lowest BCUT2D eigenvalue weighted by atomic mass is 9.92. The highest BCUT2D eigenvalue weighted by Crippen LogP contribution is 2.36. The van der Waals surface area contributed by atoms with Crippen molar-refractivity contribution in [3.8, 4) is 22.9 Å². The number of aromatic amines is 1. The van der Waals surface area contributed by atoms with E-state index in [9.17, 15) is 19.5 Å². The number of nitrogens with one attached hydrogen (secondary N) is 2. The van der Waals surface area contributed by atoms with Crippen molar-refractivity contribution < 1.29 is 24.2 Å². The highest BCUT2D eigenvalue weighted by atomic mass is 32.1. The summed E-state index contributed by atoms with van der Waals surface area (Å²) in [5.41, 5.74) is 1.21. The number of ketones is 1. The maximum atomic E-state index is 13.7. The number of rotatable bonds is 12. The Bertz CT molecular complexity index is 1540. The number of benzene rings is 2. The number of imidazole rings is 1. The zero-order valence-electron chi connectivity index (χ0n) is 22.1. The fourth-order valence-electron chi connectivity index (χ4n) is 4.54. The monoisotopic (exact) mass is 562 g/mol. The van der Waals surface area contributed by atoms with Crippen LogP contribution in [0.5, 0.6) is 11.6 Å². The predicted octanol–water partition coefficient (Wildman–Crippen LogP) is 4.61. The number of thiazole rings is 1. The van der Waals surface area contributed by atoms with Crippen LogP contribution in [0, 0.1) is 5.92 Å². The van der Waals surface area contributed by atoms with Crippen LogP contribution in [0.15, 0.2) is 64.8 Å². The Morgan fingerprint density at radius 3 is 2.55 bits per heavy atom. The molecule has 2 heterocycles. The molecule has 1 aliphatic rings. The van der Waals surface area contributed by atoms with E-state index in [-0.39, 0.29) is 28.4 Å². The summed E-state index contributed by atoms with van der Waals surface area (Å²) in [6.07, 6.45) is 1.71. The lowest BCUT2D eigenvalue weighted by molar-refractivity contribution is -0.120. The molecular formula is C29H30N4O6S. The second-order valence-electron chi connectivity index (χ2n) is 9.67. The van der Waals surface area contributed by atoms with Crippen molar-refractivity contribution >= 4 is 28.2 Å². The summed E-state index contributed by atoms with van der Waals surface area (Å²) in [5.74, 6) is -0.815. The van der Waals surface area contributed by atoms with Crippen molar-refractivity contribution in [1.82, 2.24) is 14.5 Å². The van der Waals surface area contributed by atoms with Crippen molar-refractivity contribution in [2.24, 2.45) is 5.92 Å². The van der Waals surface area contributed by atoms with Crippen LogP contribution in [-0.2, 0) is 9.53 Å². The third-order valence-corrected chi connectivity index (χ3v) is 7.64. The first-order chi connectivity index (χ1) is 19.4. The van der Waals surface area contributed by atoms with Crippen LogP contribution in [0.25, 0.3) is 11.3 Å². The van der Waals surface area contributed by atoms with Crippen molar-refractivity contribution in [1.29, 1.82) is 0 Å². The summed E-state index contributed by atoms with van der Waals surface area (Å²) in [4.78, 5) is 46.4. The van der Waals surface area contributed by atoms with E-state index in [0.717, 1.165) is 34.3 Å². The molecule has 0 aliphatic heterocycles. The molecule has 40 heavy (non-hydrogen) atoms. The molecule has 0 spiro atoms. The predicted molar refractivity (Wildman–Crippen MR) is 151 cm³/mol. The smallest absolute Gasteiger partial charge is 0.329 e. The molecule has 1 fully saturated rings. The average molecular weight is 563 g/mol. The Labute approximate surface area is 234 Å². The molecule has 0 saturated heterocycles. The van der Waals surface area contributed by atoms with Crippen LogP contribution in [0.2, 0.25) is 0 Å². The number of nitrogens with zero attached hydrogens (tertiary/aromatic N) is 2. The Morgan fingerprint density at radius 1 is 1.15 bits per heavy atom. The van der Waals surface area contributed by atoms with E-state index in [1.54, 1.807) is 36.8 Å². The highest BCUT2D eigenvalue weighted by Gasteiger charge is 2.35. The van der Waals surface area contributed by atoms with E-state index in [2.05, 4.69) is 15.3 Å². The lowest BCUT2D eigenvalue weighted by Crippen LogP contribution is -2.35. The molecule has 2 atom stereocenters. The average Bonchev–Trinajstić information content (AvgIpc) is 3.65. The van der Waals surface area contributed by atoms with Gasteiger partial charge in [0.2, 0.25) is 11.8 Å². The van der Waals surface area contributed by atoms with E-state index in [1.807, 2.05) is 37.3 Å². The molecular weight excluding hydrogens is 532 g/mol. The number of aromatic hydroxyl groups is 1. The quantitative estimate of drug-likeness (QED) is 0.170. The van der Waals surface area contributed by atoms with Gasteiger partial charge in [-0.25, -0.2) is 14.3 Å². The molecule has 1 amide bonds.